The number of amides is 3. The molecule has 0 fully saturated rings. The highest BCUT2D eigenvalue weighted by molar-refractivity contribution is 9.10. The van der Waals surface area contributed by atoms with Gasteiger partial charge in [-0.2, -0.15) is 0 Å². The first-order valence-electron chi connectivity index (χ1n) is 14.3. The van der Waals surface area contributed by atoms with E-state index in [2.05, 4.69) is 32.6 Å². The summed E-state index contributed by atoms with van der Waals surface area (Å²) >= 11 is 4.88. The normalized spacial score (nSPS) is 12.5. The van der Waals surface area contributed by atoms with Crippen molar-refractivity contribution in [3.05, 3.63) is 142 Å². The summed E-state index contributed by atoms with van der Waals surface area (Å²) in [5.74, 6) is 0.473. The van der Waals surface area contributed by atoms with E-state index < -0.39 is 11.8 Å². The van der Waals surface area contributed by atoms with E-state index in [1.807, 2.05) is 71.6 Å². The van der Waals surface area contributed by atoms with Crippen LogP contribution in [0, 0.1) is 0 Å². The van der Waals surface area contributed by atoms with Crippen molar-refractivity contribution >= 4 is 62.9 Å². The highest BCUT2D eigenvalue weighted by atomic mass is 79.9. The summed E-state index contributed by atoms with van der Waals surface area (Å²) in [5, 5.41) is 5.59. The second-order valence-electron chi connectivity index (χ2n) is 10.3. The lowest BCUT2D eigenvalue weighted by Gasteiger charge is -2.17. The van der Waals surface area contributed by atoms with Gasteiger partial charge in [-0.3, -0.25) is 14.4 Å². The lowest BCUT2D eigenvalue weighted by atomic mass is 10.2. The lowest BCUT2D eigenvalue weighted by Crippen LogP contribution is -2.30. The number of benzene rings is 4. The van der Waals surface area contributed by atoms with Gasteiger partial charge in [0.05, 0.1) is 5.75 Å². The van der Waals surface area contributed by atoms with Gasteiger partial charge in [0.15, 0.2) is 0 Å². The van der Waals surface area contributed by atoms with Crippen LogP contribution in [0.2, 0.25) is 0 Å². The first kappa shape index (κ1) is 30.2. The number of para-hydroxylation sites is 1. The molecule has 2 N–H and O–H groups in total. The monoisotopic (exact) mass is 677 g/mol. The van der Waals surface area contributed by atoms with Crippen molar-refractivity contribution in [2.24, 2.45) is 0 Å². The molecule has 1 aliphatic heterocycles. The molecular weight excluding hydrogens is 650 g/mol. The zero-order chi connectivity index (χ0) is 31.2. The highest BCUT2D eigenvalue weighted by Gasteiger charge is 2.24. The van der Waals surface area contributed by atoms with Crippen molar-refractivity contribution in [2.45, 2.75) is 11.3 Å². The number of carbonyl (C=O) groups is 3. The molecule has 4 aromatic carbocycles. The molecule has 0 radical (unpaired) electrons. The summed E-state index contributed by atoms with van der Waals surface area (Å²) in [7, 11) is 0. The molecule has 0 spiro atoms. The standard InChI is InChI=1S/C36H28BrN3O4S/c37-27-12-10-25(11-13-27)33-19-16-29(44-33)22-31(39-35(42)26-7-2-1-3-8-26)36(43)38-28-14-17-30(18-15-28)45-23-34(41)40-21-20-24-6-4-5-9-32(24)40/h1-19,22H,20-21,23H2,(H,38,43)(H,39,42)/b31-22-. The lowest BCUT2D eigenvalue weighted by molar-refractivity contribution is -0.116. The van der Waals surface area contributed by atoms with Gasteiger partial charge >= 0.3 is 0 Å². The zero-order valence-corrected chi connectivity index (χ0v) is 26.4. The van der Waals surface area contributed by atoms with Gasteiger partial charge in [-0.1, -0.05) is 64.5 Å². The van der Waals surface area contributed by atoms with Crippen LogP contribution in [0.15, 0.2) is 135 Å². The molecule has 1 aromatic heterocycles. The van der Waals surface area contributed by atoms with Crippen LogP contribution < -0.4 is 15.5 Å². The molecule has 0 aliphatic carbocycles. The Labute approximate surface area is 273 Å². The minimum absolute atomic E-state index is 0.0236. The van der Waals surface area contributed by atoms with E-state index in [0.717, 1.165) is 27.0 Å². The van der Waals surface area contributed by atoms with E-state index in [1.54, 1.807) is 42.5 Å². The minimum Gasteiger partial charge on any atom is -0.457 e. The topological polar surface area (TPSA) is 91.7 Å². The number of anilines is 2. The van der Waals surface area contributed by atoms with Crippen molar-refractivity contribution in [1.29, 1.82) is 0 Å². The van der Waals surface area contributed by atoms with Gasteiger partial charge in [0.25, 0.3) is 11.8 Å². The third kappa shape index (κ3) is 7.45. The highest BCUT2D eigenvalue weighted by Crippen LogP contribution is 2.29. The maximum absolute atomic E-state index is 13.4. The second kappa shape index (κ2) is 13.8. The number of hydrogen-bond acceptors (Lipinski definition) is 5. The van der Waals surface area contributed by atoms with E-state index in [9.17, 15) is 14.4 Å². The molecule has 7 nitrogen and oxygen atoms in total. The van der Waals surface area contributed by atoms with Crippen molar-refractivity contribution in [1.82, 2.24) is 5.32 Å². The molecule has 3 amide bonds. The van der Waals surface area contributed by atoms with Crippen LogP contribution in [-0.2, 0) is 16.0 Å². The van der Waals surface area contributed by atoms with Gasteiger partial charge in [-0.25, -0.2) is 0 Å². The molecule has 0 unspecified atom stereocenters. The van der Waals surface area contributed by atoms with Crippen molar-refractivity contribution in [2.75, 3.05) is 22.5 Å². The molecule has 45 heavy (non-hydrogen) atoms. The third-order valence-electron chi connectivity index (χ3n) is 7.23. The van der Waals surface area contributed by atoms with Gasteiger partial charge in [0.2, 0.25) is 5.91 Å². The molecule has 2 heterocycles. The Morgan fingerprint density at radius 3 is 2.36 bits per heavy atom. The van der Waals surface area contributed by atoms with Crippen LogP contribution in [0.1, 0.15) is 21.7 Å². The van der Waals surface area contributed by atoms with E-state index in [1.165, 1.54) is 23.4 Å². The summed E-state index contributed by atoms with van der Waals surface area (Å²) in [4.78, 5) is 42.1. The number of hydrogen-bond donors (Lipinski definition) is 2. The number of thioether (sulfide) groups is 1. The molecule has 6 rings (SSSR count). The maximum Gasteiger partial charge on any atom is 0.272 e. The van der Waals surface area contributed by atoms with E-state index in [4.69, 9.17) is 4.42 Å². The van der Waals surface area contributed by atoms with Crippen LogP contribution in [0.25, 0.3) is 17.4 Å². The number of fused-ring (bicyclic) bond motifs is 1. The van der Waals surface area contributed by atoms with E-state index in [0.29, 0.717) is 35.1 Å². The second-order valence-corrected chi connectivity index (χ2v) is 12.2. The first-order valence-corrected chi connectivity index (χ1v) is 16.1. The molecule has 0 atom stereocenters. The minimum atomic E-state index is -0.510. The fourth-order valence-corrected chi connectivity index (χ4v) is 5.98. The Bertz CT molecular complexity index is 1870. The van der Waals surface area contributed by atoms with Gasteiger partial charge in [-0.05, 0) is 78.7 Å². The third-order valence-corrected chi connectivity index (χ3v) is 8.76. The summed E-state index contributed by atoms with van der Waals surface area (Å²) in [5.41, 5.74) is 4.04. The molecule has 0 saturated carbocycles. The Balaban J connectivity index is 1.14. The summed E-state index contributed by atoms with van der Waals surface area (Å²) in [6.45, 7) is 0.698. The Kier molecular flexibility index (Phi) is 9.28. The number of rotatable bonds is 9. The van der Waals surface area contributed by atoms with Gasteiger partial charge in [0.1, 0.15) is 17.2 Å². The summed E-state index contributed by atoms with van der Waals surface area (Å²) < 4.78 is 6.94. The van der Waals surface area contributed by atoms with Crippen LogP contribution in [-0.4, -0.2) is 30.0 Å². The molecule has 224 valence electrons. The Morgan fingerprint density at radius 2 is 1.58 bits per heavy atom. The van der Waals surface area contributed by atoms with Crippen molar-refractivity contribution in [3.8, 4) is 11.3 Å². The number of nitrogens with one attached hydrogen (secondary N) is 2. The van der Waals surface area contributed by atoms with Crippen LogP contribution in [0.3, 0.4) is 0 Å². The average molecular weight is 679 g/mol. The largest absolute Gasteiger partial charge is 0.457 e. The quantitative estimate of drug-likeness (QED) is 0.123. The van der Waals surface area contributed by atoms with E-state index in [-0.39, 0.29) is 11.6 Å². The predicted octanol–water partition coefficient (Wildman–Crippen LogP) is 7.80. The van der Waals surface area contributed by atoms with Crippen molar-refractivity contribution in [3.63, 3.8) is 0 Å². The maximum atomic E-state index is 13.4. The molecule has 9 heteroatoms. The average Bonchev–Trinajstić information content (AvgIpc) is 3.72. The Morgan fingerprint density at radius 1 is 0.844 bits per heavy atom. The van der Waals surface area contributed by atoms with Gasteiger partial charge in [-0.15, -0.1) is 11.8 Å². The molecule has 5 aromatic rings. The van der Waals surface area contributed by atoms with Gasteiger partial charge in [0, 0.05) is 44.5 Å². The number of halogens is 1. The van der Waals surface area contributed by atoms with Crippen LogP contribution in [0.4, 0.5) is 11.4 Å². The van der Waals surface area contributed by atoms with Crippen LogP contribution in [0.5, 0.6) is 0 Å². The van der Waals surface area contributed by atoms with Crippen molar-refractivity contribution < 1.29 is 18.8 Å². The fraction of sp³-hybridized carbons (Fsp3) is 0.0833. The van der Waals surface area contributed by atoms with Gasteiger partial charge < -0.3 is 20.0 Å². The SMILES string of the molecule is O=C(Nc1ccc(SCC(=O)N2CCc3ccccc32)cc1)/C(=C/c1ccc(-c2ccc(Br)cc2)o1)NC(=O)c1ccccc1. The predicted molar refractivity (Wildman–Crippen MR) is 182 cm³/mol. The molecule has 0 saturated heterocycles. The number of furan rings is 1. The number of carbonyl (C=O) groups excluding carboxylic acids is 3. The Hall–Kier alpha value is -4.86. The number of nitrogens with zero attached hydrogens (tertiary/aromatic N) is 1. The summed E-state index contributed by atoms with van der Waals surface area (Å²) in [6, 6.07) is 35.2. The molecule has 1 aliphatic rings. The first-order chi connectivity index (χ1) is 21.9. The molecule has 0 bridgehead atoms. The molecular formula is C36H28BrN3O4S. The fourth-order valence-electron chi connectivity index (χ4n) is 4.94. The van der Waals surface area contributed by atoms with Crippen LogP contribution >= 0.6 is 27.7 Å². The van der Waals surface area contributed by atoms with E-state index >= 15 is 0 Å². The summed E-state index contributed by atoms with van der Waals surface area (Å²) in [6.07, 6.45) is 2.38. The zero-order valence-electron chi connectivity index (χ0n) is 24.0. The smallest absolute Gasteiger partial charge is 0.272 e.